The molecule has 0 fully saturated rings. The van der Waals surface area contributed by atoms with Crippen LogP contribution in [0.3, 0.4) is 0 Å². The Morgan fingerprint density at radius 3 is 2.23 bits per heavy atom. The van der Waals surface area contributed by atoms with Crippen LogP contribution >= 0.6 is 0 Å². The Balaban J connectivity index is 1.43. The summed E-state index contributed by atoms with van der Waals surface area (Å²) in [6, 6.07) is 28.4. The number of likely N-dealkylation sites (N-methyl/N-ethyl adjacent to an activating group) is 1. The largest absolute Gasteiger partial charge is 0.348 e. The number of para-hydroxylation sites is 1. The summed E-state index contributed by atoms with van der Waals surface area (Å²) >= 11 is 0. The Morgan fingerprint density at radius 2 is 1.46 bits per heavy atom. The summed E-state index contributed by atoms with van der Waals surface area (Å²) in [6.45, 7) is -0.0657. The van der Waals surface area contributed by atoms with Crippen LogP contribution in [0.2, 0.25) is 0 Å². The SMILES string of the molecule is CN(CC(=O)Nc1ccccc1C(=O)NCc1ccccc1)S(=O)(=O)c1ccc2ccccc2c1. The molecule has 2 amide bonds. The number of carbonyl (C=O) groups excluding carboxylic acids is 2. The summed E-state index contributed by atoms with van der Waals surface area (Å²) in [6.07, 6.45) is 0. The molecule has 0 unspecified atom stereocenters. The van der Waals surface area contributed by atoms with Gasteiger partial charge in [-0.15, -0.1) is 0 Å². The van der Waals surface area contributed by atoms with Crippen molar-refractivity contribution in [2.45, 2.75) is 11.4 Å². The van der Waals surface area contributed by atoms with E-state index in [2.05, 4.69) is 10.6 Å². The fraction of sp³-hybridized carbons (Fsp3) is 0.111. The number of hydrogen-bond donors (Lipinski definition) is 2. The summed E-state index contributed by atoms with van der Waals surface area (Å²) in [4.78, 5) is 25.5. The van der Waals surface area contributed by atoms with Crippen molar-refractivity contribution in [2.24, 2.45) is 0 Å². The van der Waals surface area contributed by atoms with Crippen molar-refractivity contribution >= 4 is 38.3 Å². The van der Waals surface area contributed by atoms with E-state index in [1.54, 1.807) is 36.4 Å². The van der Waals surface area contributed by atoms with Crippen molar-refractivity contribution in [1.29, 1.82) is 0 Å². The number of rotatable bonds is 8. The second kappa shape index (κ2) is 10.5. The van der Waals surface area contributed by atoms with Crippen molar-refractivity contribution in [3.8, 4) is 0 Å². The zero-order valence-corrected chi connectivity index (χ0v) is 20.0. The number of nitrogens with one attached hydrogen (secondary N) is 2. The average molecular weight is 488 g/mol. The number of nitrogens with zero attached hydrogens (tertiary/aromatic N) is 1. The van der Waals surface area contributed by atoms with E-state index in [1.807, 2.05) is 54.6 Å². The van der Waals surface area contributed by atoms with Crippen LogP contribution in [-0.2, 0) is 21.4 Å². The molecule has 0 heterocycles. The van der Waals surface area contributed by atoms with Crippen LogP contribution in [0.15, 0.2) is 102 Å². The minimum Gasteiger partial charge on any atom is -0.348 e. The van der Waals surface area contributed by atoms with Crippen molar-refractivity contribution < 1.29 is 18.0 Å². The van der Waals surface area contributed by atoms with Crippen LogP contribution in [-0.4, -0.2) is 38.1 Å². The predicted molar refractivity (Wildman–Crippen MR) is 136 cm³/mol. The van der Waals surface area contributed by atoms with Gasteiger partial charge >= 0.3 is 0 Å². The highest BCUT2D eigenvalue weighted by atomic mass is 32.2. The van der Waals surface area contributed by atoms with Crippen LogP contribution in [0.1, 0.15) is 15.9 Å². The van der Waals surface area contributed by atoms with Crippen molar-refractivity contribution in [1.82, 2.24) is 9.62 Å². The number of benzene rings is 4. The van der Waals surface area contributed by atoms with Crippen LogP contribution in [0.25, 0.3) is 10.8 Å². The molecule has 0 saturated carbocycles. The predicted octanol–water partition coefficient (Wildman–Crippen LogP) is 4.03. The molecule has 178 valence electrons. The van der Waals surface area contributed by atoms with Gasteiger partial charge in [-0.2, -0.15) is 4.31 Å². The molecular formula is C27H25N3O4S. The van der Waals surface area contributed by atoms with E-state index in [9.17, 15) is 18.0 Å². The first-order valence-electron chi connectivity index (χ1n) is 11.0. The molecule has 4 aromatic carbocycles. The van der Waals surface area contributed by atoms with Crippen molar-refractivity contribution in [3.05, 3.63) is 108 Å². The van der Waals surface area contributed by atoms with Gasteiger partial charge in [0.1, 0.15) is 0 Å². The number of anilines is 1. The summed E-state index contributed by atoms with van der Waals surface area (Å²) in [5, 5.41) is 7.22. The van der Waals surface area contributed by atoms with Gasteiger partial charge in [-0.05, 0) is 40.6 Å². The minimum absolute atomic E-state index is 0.104. The first kappa shape index (κ1) is 24.1. The van der Waals surface area contributed by atoms with Gasteiger partial charge in [0, 0.05) is 13.6 Å². The molecule has 2 N–H and O–H groups in total. The third kappa shape index (κ3) is 5.74. The lowest BCUT2D eigenvalue weighted by Crippen LogP contribution is -2.35. The summed E-state index contributed by atoms with van der Waals surface area (Å²) < 4.78 is 27.1. The van der Waals surface area contributed by atoms with Gasteiger partial charge in [-0.1, -0.05) is 72.8 Å². The Labute approximate surface area is 204 Å². The zero-order chi connectivity index (χ0) is 24.8. The molecule has 0 radical (unpaired) electrons. The number of amides is 2. The second-order valence-electron chi connectivity index (χ2n) is 8.03. The standard InChI is InChI=1S/C27H25N3O4S/c1-30(35(33,34)23-16-15-21-11-5-6-12-22(21)17-23)19-26(31)29-25-14-8-7-13-24(25)27(32)28-18-20-9-3-2-4-10-20/h2-17H,18-19H2,1H3,(H,28,32)(H,29,31). The first-order valence-corrected chi connectivity index (χ1v) is 12.4. The minimum atomic E-state index is -3.89. The van der Waals surface area contributed by atoms with E-state index < -0.39 is 22.5 Å². The highest BCUT2D eigenvalue weighted by Crippen LogP contribution is 2.21. The molecule has 0 aliphatic rings. The third-order valence-electron chi connectivity index (χ3n) is 5.54. The first-order chi connectivity index (χ1) is 16.8. The normalized spacial score (nSPS) is 11.4. The molecule has 0 aromatic heterocycles. The van der Waals surface area contributed by atoms with E-state index in [0.717, 1.165) is 20.6 Å². The molecule has 8 heteroatoms. The number of hydrogen-bond acceptors (Lipinski definition) is 4. The second-order valence-corrected chi connectivity index (χ2v) is 10.1. The van der Waals surface area contributed by atoms with Gasteiger partial charge in [-0.25, -0.2) is 8.42 Å². The fourth-order valence-corrected chi connectivity index (χ4v) is 4.81. The molecule has 7 nitrogen and oxygen atoms in total. The Morgan fingerprint density at radius 1 is 0.800 bits per heavy atom. The number of fused-ring (bicyclic) bond motifs is 1. The summed E-state index contributed by atoms with van der Waals surface area (Å²) in [5.41, 5.74) is 1.54. The van der Waals surface area contributed by atoms with Gasteiger partial charge in [0.2, 0.25) is 15.9 Å². The lowest BCUT2D eigenvalue weighted by atomic mass is 10.1. The van der Waals surface area contributed by atoms with Crippen LogP contribution in [0.4, 0.5) is 5.69 Å². The van der Waals surface area contributed by atoms with E-state index in [0.29, 0.717) is 12.2 Å². The van der Waals surface area contributed by atoms with E-state index in [-0.39, 0.29) is 16.4 Å². The lowest BCUT2D eigenvalue weighted by Gasteiger charge is -2.18. The van der Waals surface area contributed by atoms with Gasteiger partial charge in [0.25, 0.3) is 5.91 Å². The smallest absolute Gasteiger partial charge is 0.253 e. The molecule has 4 aromatic rings. The van der Waals surface area contributed by atoms with E-state index >= 15 is 0 Å². The van der Waals surface area contributed by atoms with Gasteiger partial charge in [0.15, 0.2) is 0 Å². The maximum atomic E-state index is 13.0. The number of sulfonamides is 1. The molecule has 0 aliphatic heterocycles. The average Bonchev–Trinajstić information content (AvgIpc) is 2.87. The van der Waals surface area contributed by atoms with Crippen LogP contribution < -0.4 is 10.6 Å². The molecule has 0 saturated heterocycles. The van der Waals surface area contributed by atoms with Gasteiger partial charge in [0.05, 0.1) is 22.7 Å². The van der Waals surface area contributed by atoms with Gasteiger partial charge < -0.3 is 10.6 Å². The van der Waals surface area contributed by atoms with Crippen LogP contribution in [0, 0.1) is 0 Å². The topological polar surface area (TPSA) is 95.6 Å². The highest BCUT2D eigenvalue weighted by molar-refractivity contribution is 7.89. The summed E-state index contributed by atoms with van der Waals surface area (Å²) in [5.74, 6) is -0.901. The Bertz CT molecular complexity index is 1470. The van der Waals surface area contributed by atoms with Crippen molar-refractivity contribution in [3.63, 3.8) is 0 Å². The Hall–Kier alpha value is -4.01. The number of carbonyl (C=O) groups is 2. The van der Waals surface area contributed by atoms with Gasteiger partial charge in [-0.3, -0.25) is 9.59 Å². The fourth-order valence-electron chi connectivity index (χ4n) is 3.65. The van der Waals surface area contributed by atoms with E-state index in [1.165, 1.54) is 13.1 Å². The lowest BCUT2D eigenvalue weighted by molar-refractivity contribution is -0.116. The van der Waals surface area contributed by atoms with Crippen LogP contribution in [0.5, 0.6) is 0 Å². The quantitative estimate of drug-likeness (QED) is 0.392. The molecule has 35 heavy (non-hydrogen) atoms. The molecule has 0 atom stereocenters. The maximum absolute atomic E-state index is 13.0. The third-order valence-corrected chi connectivity index (χ3v) is 7.34. The highest BCUT2D eigenvalue weighted by Gasteiger charge is 2.24. The van der Waals surface area contributed by atoms with E-state index in [4.69, 9.17) is 0 Å². The Kier molecular flexibility index (Phi) is 7.24. The monoisotopic (exact) mass is 487 g/mol. The molecule has 0 spiro atoms. The molecular weight excluding hydrogens is 462 g/mol. The maximum Gasteiger partial charge on any atom is 0.253 e. The molecule has 0 bridgehead atoms. The van der Waals surface area contributed by atoms with Crippen molar-refractivity contribution in [2.75, 3.05) is 18.9 Å². The zero-order valence-electron chi connectivity index (χ0n) is 19.1. The summed E-state index contributed by atoms with van der Waals surface area (Å²) in [7, 11) is -2.54. The molecule has 4 rings (SSSR count). The molecule has 0 aliphatic carbocycles.